The number of hydrogen-bond acceptors (Lipinski definition) is 6. The predicted octanol–water partition coefficient (Wildman–Crippen LogP) is 3.88. The first-order valence-corrected chi connectivity index (χ1v) is 9.91. The Bertz CT molecular complexity index is 1310. The van der Waals surface area contributed by atoms with Gasteiger partial charge < -0.3 is 19.2 Å². The van der Waals surface area contributed by atoms with Crippen LogP contribution in [-0.4, -0.2) is 44.7 Å². The van der Waals surface area contributed by atoms with Gasteiger partial charge >= 0.3 is 0 Å². The van der Waals surface area contributed by atoms with E-state index in [2.05, 4.69) is 15.0 Å². The van der Waals surface area contributed by atoms with Gasteiger partial charge in [0.2, 0.25) is 0 Å². The van der Waals surface area contributed by atoms with E-state index >= 15 is 0 Å². The fourth-order valence-electron chi connectivity index (χ4n) is 3.38. The van der Waals surface area contributed by atoms with Crippen LogP contribution in [0, 0.1) is 0 Å². The van der Waals surface area contributed by atoms with Crippen LogP contribution in [0.4, 0.5) is 0 Å². The number of pyridine rings is 2. The maximum absolute atomic E-state index is 6.00. The molecule has 0 unspecified atom stereocenters. The number of H-pyrrole nitrogens is 1. The molecule has 8 nitrogen and oxygen atoms in total. The lowest BCUT2D eigenvalue weighted by molar-refractivity contribution is 0.146. The number of nitrogens with zero attached hydrogens (tertiary/aromatic N) is 4. The van der Waals surface area contributed by atoms with E-state index in [0.717, 1.165) is 45.1 Å². The topological polar surface area (TPSA) is 86.6 Å². The van der Waals surface area contributed by atoms with Gasteiger partial charge in [-0.3, -0.25) is 4.40 Å². The van der Waals surface area contributed by atoms with Gasteiger partial charge in [-0.15, -0.1) is 0 Å². The first-order valence-electron chi connectivity index (χ1n) is 9.91. The minimum Gasteiger partial charge on any atom is -0.491 e. The number of aromatic amines is 1. The quantitative estimate of drug-likeness (QED) is 0.387. The van der Waals surface area contributed by atoms with E-state index in [1.54, 1.807) is 19.6 Å². The van der Waals surface area contributed by atoms with Gasteiger partial charge in [0.15, 0.2) is 0 Å². The van der Waals surface area contributed by atoms with E-state index in [1.807, 2.05) is 59.3 Å². The summed E-state index contributed by atoms with van der Waals surface area (Å²) in [5, 5.41) is 1.01. The molecule has 0 atom stereocenters. The van der Waals surface area contributed by atoms with Crippen LogP contribution in [0.5, 0.6) is 11.5 Å². The van der Waals surface area contributed by atoms with Crippen molar-refractivity contribution in [2.24, 2.45) is 0 Å². The summed E-state index contributed by atoms with van der Waals surface area (Å²) in [6, 6.07) is 13.8. The smallest absolute Gasteiger partial charge is 0.146 e. The lowest BCUT2D eigenvalue weighted by Crippen LogP contribution is -2.04. The molecule has 0 radical (unpaired) electrons. The summed E-state index contributed by atoms with van der Waals surface area (Å²) in [6.07, 6.45) is 7.13. The molecule has 5 aromatic rings. The van der Waals surface area contributed by atoms with Crippen molar-refractivity contribution >= 4 is 16.6 Å². The normalized spacial score (nSPS) is 11.3. The van der Waals surface area contributed by atoms with Crippen molar-refractivity contribution in [3.63, 3.8) is 0 Å². The minimum absolute atomic E-state index is 0.395. The lowest BCUT2D eigenvalue weighted by Gasteiger charge is -2.10. The highest BCUT2D eigenvalue weighted by atomic mass is 16.5. The zero-order valence-corrected chi connectivity index (χ0v) is 17.0. The van der Waals surface area contributed by atoms with Gasteiger partial charge in [0, 0.05) is 24.8 Å². The average molecular weight is 415 g/mol. The molecule has 0 spiro atoms. The standard InChI is InChI=1S/C23H21N5O3/c1-29-9-10-30-18-7-8-28-20(13-25-22(28)11-18)19-6-5-16-3-2-4-21(23(16)27-19)31-14-17-12-24-15-26-17/h2-8,11-13,15H,9-10,14H2,1H3,(H,24,26). The number of imidazole rings is 2. The van der Waals surface area contributed by atoms with Crippen LogP contribution in [0.2, 0.25) is 0 Å². The van der Waals surface area contributed by atoms with Crippen molar-refractivity contribution in [3.8, 4) is 22.9 Å². The minimum atomic E-state index is 0.395. The highest BCUT2D eigenvalue weighted by molar-refractivity contribution is 5.86. The molecule has 0 aliphatic carbocycles. The molecule has 0 aliphatic heterocycles. The van der Waals surface area contributed by atoms with Crippen LogP contribution >= 0.6 is 0 Å². The van der Waals surface area contributed by atoms with Crippen molar-refractivity contribution in [2.75, 3.05) is 20.3 Å². The van der Waals surface area contributed by atoms with E-state index in [-0.39, 0.29) is 0 Å². The summed E-state index contributed by atoms with van der Waals surface area (Å²) in [7, 11) is 1.65. The molecular weight excluding hydrogens is 394 g/mol. The largest absolute Gasteiger partial charge is 0.491 e. The van der Waals surface area contributed by atoms with Gasteiger partial charge in [0.1, 0.15) is 35.9 Å². The molecule has 0 bridgehead atoms. The molecule has 5 rings (SSSR count). The Balaban J connectivity index is 1.47. The third-order valence-electron chi connectivity index (χ3n) is 4.92. The van der Waals surface area contributed by atoms with Crippen LogP contribution in [-0.2, 0) is 11.3 Å². The molecule has 8 heteroatoms. The zero-order valence-electron chi connectivity index (χ0n) is 17.0. The highest BCUT2D eigenvalue weighted by Crippen LogP contribution is 2.29. The molecule has 0 amide bonds. The number of nitrogens with one attached hydrogen (secondary N) is 1. The summed E-state index contributed by atoms with van der Waals surface area (Å²) in [6.45, 7) is 1.43. The van der Waals surface area contributed by atoms with Gasteiger partial charge in [-0.05, 0) is 18.2 Å². The number of ether oxygens (including phenoxy) is 3. The van der Waals surface area contributed by atoms with E-state index in [4.69, 9.17) is 19.2 Å². The number of methoxy groups -OCH3 is 1. The third-order valence-corrected chi connectivity index (χ3v) is 4.92. The summed E-state index contributed by atoms with van der Waals surface area (Å²) < 4.78 is 18.7. The molecule has 1 aromatic carbocycles. The third kappa shape index (κ3) is 3.93. The zero-order chi connectivity index (χ0) is 21.0. The Kier molecular flexibility index (Phi) is 5.20. The number of hydrogen-bond donors (Lipinski definition) is 1. The Morgan fingerprint density at radius 2 is 2.00 bits per heavy atom. The number of para-hydroxylation sites is 1. The van der Waals surface area contributed by atoms with E-state index in [0.29, 0.717) is 19.8 Å². The first-order chi connectivity index (χ1) is 15.3. The molecule has 0 saturated carbocycles. The Labute approximate surface area is 178 Å². The summed E-state index contributed by atoms with van der Waals surface area (Å²) in [4.78, 5) is 16.5. The van der Waals surface area contributed by atoms with Gasteiger partial charge in [-0.25, -0.2) is 15.0 Å². The van der Waals surface area contributed by atoms with Gasteiger partial charge in [-0.1, -0.05) is 18.2 Å². The van der Waals surface area contributed by atoms with Crippen molar-refractivity contribution in [1.82, 2.24) is 24.3 Å². The van der Waals surface area contributed by atoms with E-state index in [1.165, 1.54) is 0 Å². The van der Waals surface area contributed by atoms with E-state index in [9.17, 15) is 0 Å². The number of aromatic nitrogens is 5. The summed E-state index contributed by atoms with van der Waals surface area (Å²) in [5.74, 6) is 1.47. The second-order valence-corrected chi connectivity index (χ2v) is 6.97. The maximum atomic E-state index is 6.00. The van der Waals surface area contributed by atoms with Crippen molar-refractivity contribution in [1.29, 1.82) is 0 Å². The molecule has 1 N–H and O–H groups in total. The van der Waals surface area contributed by atoms with Gasteiger partial charge in [-0.2, -0.15) is 0 Å². The Hall–Kier alpha value is -3.91. The highest BCUT2D eigenvalue weighted by Gasteiger charge is 2.11. The summed E-state index contributed by atoms with van der Waals surface area (Å²) in [5.41, 5.74) is 4.19. The van der Waals surface area contributed by atoms with Gasteiger partial charge in [0.25, 0.3) is 0 Å². The van der Waals surface area contributed by atoms with Crippen LogP contribution in [0.1, 0.15) is 5.69 Å². The molecule has 156 valence electrons. The van der Waals surface area contributed by atoms with Crippen molar-refractivity contribution in [3.05, 3.63) is 73.1 Å². The first kappa shape index (κ1) is 19.1. The van der Waals surface area contributed by atoms with Gasteiger partial charge in [0.05, 0.1) is 42.4 Å². The molecule has 31 heavy (non-hydrogen) atoms. The molecule has 0 saturated heterocycles. The Morgan fingerprint density at radius 1 is 1.03 bits per heavy atom. The number of fused-ring (bicyclic) bond motifs is 2. The average Bonchev–Trinajstić information content (AvgIpc) is 3.47. The van der Waals surface area contributed by atoms with Crippen LogP contribution < -0.4 is 9.47 Å². The maximum Gasteiger partial charge on any atom is 0.146 e. The van der Waals surface area contributed by atoms with Crippen LogP contribution in [0.25, 0.3) is 27.9 Å². The van der Waals surface area contributed by atoms with Crippen molar-refractivity contribution < 1.29 is 14.2 Å². The van der Waals surface area contributed by atoms with Crippen molar-refractivity contribution in [2.45, 2.75) is 6.61 Å². The monoisotopic (exact) mass is 415 g/mol. The predicted molar refractivity (Wildman–Crippen MR) is 116 cm³/mol. The second kappa shape index (κ2) is 8.45. The van der Waals surface area contributed by atoms with Crippen LogP contribution in [0.15, 0.2) is 67.4 Å². The SMILES string of the molecule is COCCOc1ccn2c(-c3ccc4cccc(OCc5cnc[nH]5)c4n3)cnc2c1. The molecule has 0 aliphatic rings. The van der Waals surface area contributed by atoms with E-state index < -0.39 is 0 Å². The fourth-order valence-corrected chi connectivity index (χ4v) is 3.38. The lowest BCUT2D eigenvalue weighted by atomic mass is 10.1. The number of benzene rings is 1. The number of rotatable bonds is 8. The molecule has 0 fully saturated rings. The molecule has 4 aromatic heterocycles. The fraction of sp³-hybridized carbons (Fsp3) is 0.174. The summed E-state index contributed by atoms with van der Waals surface area (Å²) >= 11 is 0. The van der Waals surface area contributed by atoms with Crippen LogP contribution in [0.3, 0.4) is 0 Å². The molecule has 4 heterocycles. The second-order valence-electron chi connectivity index (χ2n) is 6.97. The Morgan fingerprint density at radius 3 is 2.87 bits per heavy atom. The molecular formula is C23H21N5O3.